The summed E-state index contributed by atoms with van der Waals surface area (Å²) < 4.78 is 5.43. The van der Waals surface area contributed by atoms with Crippen LogP contribution in [0.3, 0.4) is 0 Å². The molecule has 0 amide bonds. The number of pyridine rings is 1. The van der Waals surface area contributed by atoms with Gasteiger partial charge < -0.3 is 15.8 Å². The lowest BCUT2D eigenvalue weighted by Gasteiger charge is -2.22. The normalized spacial score (nSPS) is 15.5. The number of aromatic nitrogens is 3. The Morgan fingerprint density at radius 1 is 1.20 bits per heavy atom. The Hall–Kier alpha value is -2.60. The number of nitrogens with one attached hydrogen (secondary N) is 2. The van der Waals surface area contributed by atoms with Gasteiger partial charge in [0.05, 0.1) is 11.2 Å². The van der Waals surface area contributed by atoms with E-state index < -0.39 is 0 Å². The molecule has 1 fully saturated rings. The summed E-state index contributed by atoms with van der Waals surface area (Å²) in [6, 6.07) is 10.1. The molecule has 4 rings (SSSR count). The summed E-state index contributed by atoms with van der Waals surface area (Å²) in [6.45, 7) is 2.72. The van der Waals surface area contributed by atoms with Crippen LogP contribution in [-0.4, -0.2) is 34.9 Å². The average molecular weight is 337 g/mol. The Morgan fingerprint density at radius 3 is 2.88 bits per heavy atom. The van der Waals surface area contributed by atoms with E-state index in [2.05, 4.69) is 32.6 Å². The topological polar surface area (TPSA) is 88.9 Å². The Bertz CT molecular complexity index is 840. The van der Waals surface area contributed by atoms with Crippen molar-refractivity contribution in [2.24, 2.45) is 5.92 Å². The molecule has 2 aromatic heterocycles. The first-order valence-corrected chi connectivity index (χ1v) is 8.81. The standard InChI is InChI=1S/C19H23N5O/c20-19-12-17(21-7-3-13-5-9-25-10-6-13)15-2-1-14(11-18(15)23-19)16-4-8-22-24-16/h1-2,4,8,11-13H,3,5-7,9-10H2,(H,22,24)(H3,20,21,23). The Labute approximate surface area is 146 Å². The molecule has 1 aliphatic heterocycles. The third-order valence-corrected chi connectivity index (χ3v) is 4.84. The van der Waals surface area contributed by atoms with Gasteiger partial charge in [0.1, 0.15) is 5.82 Å². The van der Waals surface area contributed by atoms with Gasteiger partial charge in [-0.05, 0) is 37.3 Å². The van der Waals surface area contributed by atoms with E-state index in [-0.39, 0.29) is 0 Å². The summed E-state index contributed by atoms with van der Waals surface area (Å²) in [6.07, 6.45) is 5.29. The van der Waals surface area contributed by atoms with Gasteiger partial charge >= 0.3 is 0 Å². The van der Waals surface area contributed by atoms with Crippen LogP contribution in [0.2, 0.25) is 0 Å². The molecule has 0 radical (unpaired) electrons. The number of hydrogen-bond donors (Lipinski definition) is 3. The van der Waals surface area contributed by atoms with Crippen molar-refractivity contribution in [1.82, 2.24) is 15.2 Å². The van der Waals surface area contributed by atoms with E-state index in [9.17, 15) is 0 Å². The van der Waals surface area contributed by atoms with Crippen LogP contribution in [0.1, 0.15) is 19.3 Å². The largest absolute Gasteiger partial charge is 0.384 e. The van der Waals surface area contributed by atoms with E-state index in [1.807, 2.05) is 24.4 Å². The van der Waals surface area contributed by atoms with Crippen LogP contribution in [0.5, 0.6) is 0 Å². The number of hydrogen-bond acceptors (Lipinski definition) is 5. The number of aromatic amines is 1. The zero-order valence-electron chi connectivity index (χ0n) is 14.2. The van der Waals surface area contributed by atoms with Gasteiger partial charge in [-0.25, -0.2) is 4.98 Å². The SMILES string of the molecule is Nc1cc(NCCC2CCOCC2)c2ccc(-c3cc[nH]n3)cc2n1. The number of nitrogens with two attached hydrogens (primary N) is 1. The van der Waals surface area contributed by atoms with Crippen molar-refractivity contribution in [3.63, 3.8) is 0 Å². The van der Waals surface area contributed by atoms with Crippen molar-refractivity contribution in [2.75, 3.05) is 30.8 Å². The van der Waals surface area contributed by atoms with E-state index in [1.54, 1.807) is 0 Å². The van der Waals surface area contributed by atoms with Crippen LogP contribution < -0.4 is 11.1 Å². The zero-order valence-corrected chi connectivity index (χ0v) is 14.2. The molecule has 3 aromatic rings. The Kier molecular flexibility index (Phi) is 4.52. The predicted octanol–water partition coefficient (Wildman–Crippen LogP) is 3.44. The Morgan fingerprint density at radius 2 is 2.08 bits per heavy atom. The lowest BCUT2D eigenvalue weighted by atomic mass is 9.96. The van der Waals surface area contributed by atoms with Gasteiger partial charge in [0, 0.05) is 48.7 Å². The third-order valence-electron chi connectivity index (χ3n) is 4.84. The van der Waals surface area contributed by atoms with Gasteiger partial charge in [-0.1, -0.05) is 12.1 Å². The number of rotatable bonds is 5. The van der Waals surface area contributed by atoms with Gasteiger partial charge in [0.2, 0.25) is 0 Å². The van der Waals surface area contributed by atoms with E-state index in [0.717, 1.165) is 72.8 Å². The summed E-state index contributed by atoms with van der Waals surface area (Å²) in [5, 5.41) is 11.7. The second kappa shape index (κ2) is 7.11. The number of benzene rings is 1. The fourth-order valence-electron chi connectivity index (χ4n) is 3.42. The van der Waals surface area contributed by atoms with Crippen molar-refractivity contribution >= 4 is 22.4 Å². The lowest BCUT2D eigenvalue weighted by Crippen LogP contribution is -2.18. The molecule has 1 aromatic carbocycles. The fourth-order valence-corrected chi connectivity index (χ4v) is 3.42. The highest BCUT2D eigenvalue weighted by Crippen LogP contribution is 2.29. The molecular weight excluding hydrogens is 314 g/mol. The first-order chi connectivity index (χ1) is 12.3. The van der Waals surface area contributed by atoms with Crippen molar-refractivity contribution in [3.05, 3.63) is 36.5 Å². The molecule has 6 heteroatoms. The second-order valence-corrected chi connectivity index (χ2v) is 6.56. The molecule has 25 heavy (non-hydrogen) atoms. The molecule has 1 aliphatic rings. The summed E-state index contributed by atoms with van der Waals surface area (Å²) in [7, 11) is 0. The number of fused-ring (bicyclic) bond motifs is 1. The van der Waals surface area contributed by atoms with Gasteiger partial charge in [-0.15, -0.1) is 0 Å². The first-order valence-electron chi connectivity index (χ1n) is 8.81. The number of anilines is 2. The molecule has 4 N–H and O–H groups in total. The van der Waals surface area contributed by atoms with Crippen molar-refractivity contribution in [3.8, 4) is 11.3 Å². The fraction of sp³-hybridized carbons (Fsp3) is 0.368. The number of nitrogen functional groups attached to an aromatic ring is 1. The van der Waals surface area contributed by atoms with Crippen LogP contribution in [0.4, 0.5) is 11.5 Å². The lowest BCUT2D eigenvalue weighted by molar-refractivity contribution is 0.0649. The van der Waals surface area contributed by atoms with E-state index in [1.165, 1.54) is 0 Å². The van der Waals surface area contributed by atoms with Crippen molar-refractivity contribution < 1.29 is 4.74 Å². The van der Waals surface area contributed by atoms with E-state index >= 15 is 0 Å². The summed E-state index contributed by atoms with van der Waals surface area (Å²) in [5.74, 6) is 1.28. The molecule has 0 bridgehead atoms. The summed E-state index contributed by atoms with van der Waals surface area (Å²) in [4.78, 5) is 4.49. The zero-order chi connectivity index (χ0) is 17.1. The highest BCUT2D eigenvalue weighted by Gasteiger charge is 2.13. The van der Waals surface area contributed by atoms with Crippen LogP contribution in [0, 0.1) is 5.92 Å². The van der Waals surface area contributed by atoms with Crippen molar-refractivity contribution in [1.29, 1.82) is 0 Å². The second-order valence-electron chi connectivity index (χ2n) is 6.56. The molecule has 130 valence electrons. The van der Waals surface area contributed by atoms with Gasteiger partial charge in [0.15, 0.2) is 0 Å². The van der Waals surface area contributed by atoms with Crippen LogP contribution in [0.15, 0.2) is 36.5 Å². The minimum Gasteiger partial charge on any atom is -0.384 e. The number of H-pyrrole nitrogens is 1. The molecule has 0 atom stereocenters. The highest BCUT2D eigenvalue weighted by molar-refractivity contribution is 5.95. The van der Waals surface area contributed by atoms with Crippen LogP contribution in [0.25, 0.3) is 22.2 Å². The van der Waals surface area contributed by atoms with Gasteiger partial charge in [-0.2, -0.15) is 5.10 Å². The molecule has 3 heterocycles. The number of ether oxygens (including phenoxy) is 1. The van der Waals surface area contributed by atoms with E-state index in [0.29, 0.717) is 5.82 Å². The molecule has 6 nitrogen and oxygen atoms in total. The summed E-state index contributed by atoms with van der Waals surface area (Å²) >= 11 is 0. The molecule has 0 unspecified atom stereocenters. The number of nitrogens with zero attached hydrogens (tertiary/aromatic N) is 2. The molecule has 0 saturated carbocycles. The third kappa shape index (κ3) is 3.58. The first kappa shape index (κ1) is 15.9. The monoisotopic (exact) mass is 337 g/mol. The summed E-state index contributed by atoms with van der Waals surface area (Å²) in [5.41, 5.74) is 9.88. The predicted molar refractivity (Wildman–Crippen MR) is 100 cm³/mol. The van der Waals surface area contributed by atoms with Gasteiger partial charge in [-0.3, -0.25) is 5.10 Å². The molecule has 0 aliphatic carbocycles. The maximum absolute atomic E-state index is 6.02. The Balaban J connectivity index is 1.53. The van der Waals surface area contributed by atoms with E-state index in [4.69, 9.17) is 10.5 Å². The minimum absolute atomic E-state index is 0.528. The molecule has 0 spiro atoms. The molecule has 1 saturated heterocycles. The minimum atomic E-state index is 0.528. The highest BCUT2D eigenvalue weighted by atomic mass is 16.5. The maximum Gasteiger partial charge on any atom is 0.126 e. The molecular formula is C19H23N5O. The van der Waals surface area contributed by atoms with Crippen LogP contribution >= 0.6 is 0 Å². The average Bonchev–Trinajstić information content (AvgIpc) is 3.16. The van der Waals surface area contributed by atoms with Crippen molar-refractivity contribution in [2.45, 2.75) is 19.3 Å². The maximum atomic E-state index is 6.02. The smallest absolute Gasteiger partial charge is 0.126 e. The van der Waals surface area contributed by atoms with Crippen LogP contribution in [-0.2, 0) is 4.74 Å². The quantitative estimate of drug-likeness (QED) is 0.664. The van der Waals surface area contributed by atoms with Gasteiger partial charge in [0.25, 0.3) is 0 Å².